The number of H-pyrrole nitrogens is 1. The first-order valence-corrected chi connectivity index (χ1v) is 10.9. The molecule has 1 aliphatic heterocycles. The first-order valence-electron chi connectivity index (χ1n) is 10.9. The largest absolute Gasteiger partial charge is 0.356 e. The Hall–Kier alpha value is -3.60. The number of nitrogens with one attached hydrogen (secondary N) is 2. The van der Waals surface area contributed by atoms with Crippen LogP contribution in [-0.4, -0.2) is 22.0 Å². The average Bonchev–Trinajstić information content (AvgIpc) is 3.10. The van der Waals surface area contributed by atoms with E-state index in [-0.39, 0.29) is 17.9 Å². The number of benzene rings is 3. The lowest BCUT2D eigenvalue weighted by Crippen LogP contribution is -2.48. The maximum atomic E-state index is 14.2. The number of aryl methyl sites for hydroxylation is 2. The third-order valence-corrected chi connectivity index (χ3v) is 6.24. The van der Waals surface area contributed by atoms with E-state index >= 15 is 0 Å². The van der Waals surface area contributed by atoms with Crippen LogP contribution in [0.25, 0.3) is 10.9 Å². The van der Waals surface area contributed by atoms with Crippen LogP contribution in [0.15, 0.2) is 66.7 Å². The standard InChI is InChI=1S/C27H26FN3O/c1-16-11-17(2)13-21(12-16)29-27(32)31-18(3)14-23-22-9-4-5-10-24(22)30-25(23)26(31)19-7-6-8-20(28)15-19/h4-13,15,18,26,30H,14H2,1-3H3,(H,29,32)/t18-,26-/m1/s1. The first kappa shape index (κ1) is 20.3. The molecule has 0 saturated carbocycles. The third kappa shape index (κ3) is 3.54. The minimum Gasteiger partial charge on any atom is -0.356 e. The molecule has 2 N–H and O–H groups in total. The molecule has 0 fully saturated rings. The molecule has 0 saturated heterocycles. The van der Waals surface area contributed by atoms with E-state index in [2.05, 4.69) is 29.4 Å². The van der Waals surface area contributed by atoms with Crippen molar-refractivity contribution < 1.29 is 9.18 Å². The molecule has 0 spiro atoms. The van der Waals surface area contributed by atoms with Crippen molar-refractivity contribution in [2.24, 2.45) is 0 Å². The number of nitrogens with zero attached hydrogens (tertiary/aromatic N) is 1. The van der Waals surface area contributed by atoms with Crippen molar-refractivity contribution >= 4 is 22.6 Å². The number of fused-ring (bicyclic) bond motifs is 3. The van der Waals surface area contributed by atoms with E-state index in [9.17, 15) is 9.18 Å². The van der Waals surface area contributed by atoms with Crippen molar-refractivity contribution in [3.8, 4) is 0 Å². The second kappa shape index (κ2) is 7.83. The topological polar surface area (TPSA) is 48.1 Å². The fourth-order valence-corrected chi connectivity index (χ4v) is 5.02. The molecule has 0 unspecified atom stereocenters. The van der Waals surface area contributed by atoms with Gasteiger partial charge >= 0.3 is 6.03 Å². The number of urea groups is 1. The number of para-hydroxylation sites is 1. The van der Waals surface area contributed by atoms with Crippen molar-refractivity contribution in [3.63, 3.8) is 0 Å². The van der Waals surface area contributed by atoms with Crippen LogP contribution in [-0.2, 0) is 6.42 Å². The van der Waals surface area contributed by atoms with Gasteiger partial charge in [0.15, 0.2) is 0 Å². The molecule has 0 radical (unpaired) electrons. The lowest BCUT2D eigenvalue weighted by atomic mass is 9.89. The maximum Gasteiger partial charge on any atom is 0.322 e. The summed E-state index contributed by atoms with van der Waals surface area (Å²) in [5.74, 6) is -0.312. The number of amides is 2. The minimum absolute atomic E-state index is 0.0686. The number of aromatic nitrogens is 1. The van der Waals surface area contributed by atoms with E-state index in [0.717, 1.165) is 45.4 Å². The van der Waals surface area contributed by atoms with Crippen LogP contribution in [0.3, 0.4) is 0 Å². The van der Waals surface area contributed by atoms with Crippen LogP contribution in [0.5, 0.6) is 0 Å². The summed E-state index contributed by atoms with van der Waals surface area (Å²) in [4.78, 5) is 19.0. The second-order valence-electron chi connectivity index (χ2n) is 8.79. The normalized spacial score (nSPS) is 17.9. The van der Waals surface area contributed by atoms with Gasteiger partial charge in [0, 0.05) is 28.3 Å². The highest BCUT2D eigenvalue weighted by Gasteiger charge is 2.38. The highest BCUT2D eigenvalue weighted by molar-refractivity contribution is 5.92. The highest BCUT2D eigenvalue weighted by atomic mass is 19.1. The summed E-state index contributed by atoms with van der Waals surface area (Å²) in [6, 6.07) is 20.0. The van der Waals surface area contributed by atoms with E-state index in [4.69, 9.17) is 0 Å². The molecule has 2 amide bonds. The number of halogens is 1. The summed E-state index contributed by atoms with van der Waals surface area (Å²) in [5, 5.41) is 4.24. The Morgan fingerprint density at radius 3 is 2.53 bits per heavy atom. The van der Waals surface area contributed by atoms with Crippen LogP contribution in [0.1, 0.15) is 40.9 Å². The lowest BCUT2D eigenvalue weighted by molar-refractivity contribution is 0.164. The summed E-state index contributed by atoms with van der Waals surface area (Å²) in [6.45, 7) is 6.08. The van der Waals surface area contributed by atoms with E-state index in [1.54, 1.807) is 6.07 Å². The maximum absolute atomic E-state index is 14.2. The van der Waals surface area contributed by atoms with Gasteiger partial charge in [0.1, 0.15) is 5.82 Å². The smallest absolute Gasteiger partial charge is 0.322 e. The molecule has 0 bridgehead atoms. The van der Waals surface area contributed by atoms with Gasteiger partial charge in [-0.15, -0.1) is 0 Å². The van der Waals surface area contributed by atoms with Gasteiger partial charge in [0.2, 0.25) is 0 Å². The Bertz CT molecular complexity index is 1310. The number of hydrogen-bond acceptors (Lipinski definition) is 1. The SMILES string of the molecule is Cc1cc(C)cc(NC(=O)N2[C@H](c3cccc(F)c3)c3[nH]c4ccccc4c3C[C@H]2C)c1. The molecule has 162 valence electrons. The zero-order valence-corrected chi connectivity index (χ0v) is 18.4. The highest BCUT2D eigenvalue weighted by Crippen LogP contribution is 2.41. The van der Waals surface area contributed by atoms with Crippen LogP contribution in [0.4, 0.5) is 14.9 Å². The molecule has 5 heteroatoms. The van der Waals surface area contributed by atoms with Gasteiger partial charge in [-0.05, 0) is 79.8 Å². The first-order chi connectivity index (χ1) is 15.4. The molecule has 4 aromatic rings. The summed E-state index contributed by atoms with van der Waals surface area (Å²) < 4.78 is 14.2. The molecule has 1 aromatic heterocycles. The number of aromatic amines is 1. The fourth-order valence-electron chi connectivity index (χ4n) is 5.02. The van der Waals surface area contributed by atoms with Crippen LogP contribution >= 0.6 is 0 Å². The second-order valence-corrected chi connectivity index (χ2v) is 8.79. The summed E-state index contributed by atoms with van der Waals surface area (Å²) in [7, 11) is 0. The molecule has 0 aliphatic carbocycles. The molecule has 1 aliphatic rings. The van der Waals surface area contributed by atoms with E-state index < -0.39 is 6.04 Å². The quantitative estimate of drug-likeness (QED) is 0.377. The van der Waals surface area contributed by atoms with Crippen molar-refractivity contribution in [1.29, 1.82) is 0 Å². The molecule has 4 nitrogen and oxygen atoms in total. The zero-order chi connectivity index (χ0) is 22.4. The van der Waals surface area contributed by atoms with Crippen molar-refractivity contribution in [2.75, 3.05) is 5.32 Å². The summed E-state index contributed by atoms with van der Waals surface area (Å²) in [5.41, 5.74) is 6.86. The lowest BCUT2D eigenvalue weighted by Gasteiger charge is -2.41. The zero-order valence-electron chi connectivity index (χ0n) is 18.4. The molecular formula is C27H26FN3O. The van der Waals surface area contributed by atoms with Crippen LogP contribution in [0.2, 0.25) is 0 Å². The Balaban J connectivity index is 1.62. The van der Waals surface area contributed by atoms with Crippen LogP contribution in [0, 0.1) is 19.7 Å². The van der Waals surface area contributed by atoms with Gasteiger partial charge in [-0.2, -0.15) is 0 Å². The van der Waals surface area contributed by atoms with Crippen LogP contribution < -0.4 is 5.32 Å². The van der Waals surface area contributed by atoms with E-state index in [1.165, 1.54) is 17.7 Å². The predicted molar refractivity (Wildman–Crippen MR) is 126 cm³/mol. The monoisotopic (exact) mass is 427 g/mol. The molecule has 3 aromatic carbocycles. The Morgan fingerprint density at radius 1 is 1.03 bits per heavy atom. The molecular weight excluding hydrogens is 401 g/mol. The number of rotatable bonds is 2. The average molecular weight is 428 g/mol. The molecule has 2 heterocycles. The van der Waals surface area contributed by atoms with Gasteiger partial charge in [0.25, 0.3) is 0 Å². The Labute approximate surface area is 187 Å². The van der Waals surface area contributed by atoms with E-state index in [0.29, 0.717) is 0 Å². The van der Waals surface area contributed by atoms with Crippen molar-refractivity contribution in [1.82, 2.24) is 9.88 Å². The number of carbonyl (C=O) groups excluding carboxylic acids is 1. The minimum atomic E-state index is -0.414. The molecule has 32 heavy (non-hydrogen) atoms. The van der Waals surface area contributed by atoms with E-state index in [1.807, 2.05) is 55.1 Å². The third-order valence-electron chi connectivity index (χ3n) is 6.24. The van der Waals surface area contributed by atoms with Gasteiger partial charge in [-0.1, -0.05) is 36.4 Å². The molecule has 5 rings (SSSR count). The van der Waals surface area contributed by atoms with Gasteiger partial charge in [0.05, 0.1) is 6.04 Å². The summed E-state index contributed by atoms with van der Waals surface area (Å²) in [6.07, 6.45) is 0.728. The van der Waals surface area contributed by atoms with Gasteiger partial charge < -0.3 is 15.2 Å². The van der Waals surface area contributed by atoms with Gasteiger partial charge in [-0.3, -0.25) is 0 Å². The van der Waals surface area contributed by atoms with Gasteiger partial charge in [-0.25, -0.2) is 9.18 Å². The number of anilines is 1. The van der Waals surface area contributed by atoms with Crippen molar-refractivity contribution in [2.45, 2.75) is 39.3 Å². The number of carbonyl (C=O) groups is 1. The Kier molecular flexibility index (Phi) is 4.97. The fraction of sp³-hybridized carbons (Fsp3) is 0.222. The van der Waals surface area contributed by atoms with Crippen molar-refractivity contribution in [3.05, 3.63) is 100 Å². The Morgan fingerprint density at radius 2 is 1.78 bits per heavy atom. The predicted octanol–water partition coefficient (Wildman–Crippen LogP) is 6.49. The summed E-state index contributed by atoms with van der Waals surface area (Å²) >= 11 is 0. The molecule has 2 atom stereocenters. The number of hydrogen-bond donors (Lipinski definition) is 2.